The SMILES string of the molecule is COc1cc(/C=C/C(=O)/C=C(O)/C=C/c2ccc(OC(=O)[C@H](CCSC)NC(=O)OCc3ccccc3)c(OC)c2)ccc1OC(=O)[C@H](CCSC)NC(=O)OCc1ccccc1. The minimum atomic E-state index is -0.983. The van der Waals surface area contributed by atoms with Crippen LogP contribution in [0.1, 0.15) is 35.1 Å². The molecule has 16 heteroatoms. The van der Waals surface area contributed by atoms with Crippen LogP contribution in [-0.2, 0) is 37.1 Å². The predicted molar refractivity (Wildman–Crippen MR) is 244 cm³/mol. The highest BCUT2D eigenvalue weighted by Gasteiger charge is 2.26. The lowest BCUT2D eigenvalue weighted by Crippen LogP contribution is -2.43. The number of aliphatic hydroxyl groups excluding tert-OH is 1. The quantitative estimate of drug-likeness (QED) is 0.0212. The van der Waals surface area contributed by atoms with Gasteiger partial charge in [0.25, 0.3) is 0 Å². The van der Waals surface area contributed by atoms with Crippen LogP contribution in [0.4, 0.5) is 9.59 Å². The van der Waals surface area contributed by atoms with E-state index in [1.807, 2.05) is 73.2 Å². The number of ether oxygens (including phenoxy) is 6. The first-order chi connectivity index (χ1) is 30.5. The van der Waals surface area contributed by atoms with E-state index >= 15 is 0 Å². The predicted octanol–water partition coefficient (Wildman–Crippen LogP) is 8.35. The summed E-state index contributed by atoms with van der Waals surface area (Å²) in [6.45, 7) is 0.0816. The van der Waals surface area contributed by atoms with Crippen molar-refractivity contribution in [1.29, 1.82) is 0 Å². The van der Waals surface area contributed by atoms with E-state index < -0.39 is 42.0 Å². The Bertz CT molecular complexity index is 2230. The van der Waals surface area contributed by atoms with Crippen LogP contribution in [0.5, 0.6) is 23.0 Å². The number of benzene rings is 4. The van der Waals surface area contributed by atoms with Gasteiger partial charge in [0, 0.05) is 6.08 Å². The summed E-state index contributed by atoms with van der Waals surface area (Å²) in [7, 11) is 2.80. The third-order valence-electron chi connectivity index (χ3n) is 8.77. The van der Waals surface area contributed by atoms with Crippen molar-refractivity contribution in [3.8, 4) is 23.0 Å². The number of alkyl carbamates (subject to hydrolysis) is 2. The molecule has 332 valence electrons. The highest BCUT2D eigenvalue weighted by atomic mass is 32.2. The van der Waals surface area contributed by atoms with Gasteiger partial charge >= 0.3 is 24.1 Å². The fourth-order valence-electron chi connectivity index (χ4n) is 5.49. The first-order valence-electron chi connectivity index (χ1n) is 19.5. The van der Waals surface area contributed by atoms with Crippen molar-refractivity contribution in [3.05, 3.63) is 143 Å². The molecule has 0 fully saturated rings. The van der Waals surface area contributed by atoms with E-state index in [4.69, 9.17) is 28.4 Å². The average Bonchev–Trinajstić information content (AvgIpc) is 3.30. The zero-order valence-electron chi connectivity index (χ0n) is 35.3. The van der Waals surface area contributed by atoms with E-state index in [-0.39, 0.29) is 42.0 Å². The van der Waals surface area contributed by atoms with Gasteiger partial charge in [-0.15, -0.1) is 0 Å². The van der Waals surface area contributed by atoms with Crippen LogP contribution in [0.3, 0.4) is 0 Å². The zero-order chi connectivity index (χ0) is 45.4. The molecule has 0 aliphatic heterocycles. The standard InChI is InChI=1S/C47H50N2O12S2/c1-56-42-27-32(17-21-40(42)60-44(52)38(23-25-62-3)48-46(54)58-30-34-11-7-5-8-12-34)15-19-36(50)29-37(51)20-16-33-18-22-41(43(28-33)57-2)61-45(53)39(24-26-63-4)49-47(55)59-31-35-13-9-6-10-14-35/h5-22,27-29,38-39,50H,23-26,30-31H2,1-4H3,(H,48,54)(H,49,55)/b19-15+,20-16+,36-29-/t38-,39-/m0/s1. The maximum absolute atomic E-state index is 13.2. The Hall–Kier alpha value is -6.65. The molecular weight excluding hydrogens is 849 g/mol. The molecule has 14 nitrogen and oxygen atoms in total. The summed E-state index contributed by atoms with van der Waals surface area (Å²) in [4.78, 5) is 64.1. The number of esters is 2. The summed E-state index contributed by atoms with van der Waals surface area (Å²) in [5, 5.41) is 15.7. The number of thioether (sulfide) groups is 2. The molecule has 2 atom stereocenters. The van der Waals surface area contributed by atoms with Crippen molar-refractivity contribution >= 4 is 65.6 Å². The minimum Gasteiger partial charge on any atom is -0.508 e. The Morgan fingerprint density at radius 1 is 0.603 bits per heavy atom. The molecule has 0 aliphatic carbocycles. The molecule has 0 unspecified atom stereocenters. The van der Waals surface area contributed by atoms with Crippen LogP contribution in [0, 0.1) is 0 Å². The molecule has 63 heavy (non-hydrogen) atoms. The largest absolute Gasteiger partial charge is 0.508 e. The fourth-order valence-corrected chi connectivity index (χ4v) is 6.43. The number of carbonyl (C=O) groups is 5. The van der Waals surface area contributed by atoms with Crippen molar-refractivity contribution in [2.45, 2.75) is 38.1 Å². The monoisotopic (exact) mass is 898 g/mol. The maximum atomic E-state index is 13.2. The molecule has 4 aromatic carbocycles. The van der Waals surface area contributed by atoms with E-state index in [1.165, 1.54) is 74.2 Å². The second kappa shape index (κ2) is 26.6. The summed E-state index contributed by atoms with van der Waals surface area (Å²) in [6, 6.07) is 25.7. The van der Waals surface area contributed by atoms with E-state index in [0.29, 0.717) is 35.5 Å². The molecule has 4 aromatic rings. The molecule has 0 aromatic heterocycles. The number of ketones is 1. The highest BCUT2D eigenvalue weighted by molar-refractivity contribution is 7.98. The van der Waals surface area contributed by atoms with Crippen LogP contribution in [0.25, 0.3) is 12.2 Å². The van der Waals surface area contributed by atoms with Gasteiger partial charge in [0.2, 0.25) is 0 Å². The van der Waals surface area contributed by atoms with Crippen LogP contribution in [0.2, 0.25) is 0 Å². The number of nitrogens with one attached hydrogen (secondary N) is 2. The van der Waals surface area contributed by atoms with Crippen molar-refractivity contribution < 1.29 is 57.5 Å². The third kappa shape index (κ3) is 17.3. The molecule has 0 heterocycles. The Morgan fingerprint density at radius 3 is 1.44 bits per heavy atom. The maximum Gasteiger partial charge on any atom is 0.408 e. The molecule has 2 amide bonds. The smallest absolute Gasteiger partial charge is 0.408 e. The molecule has 0 spiro atoms. The summed E-state index contributed by atoms with van der Waals surface area (Å²) in [5.41, 5.74) is 2.69. The van der Waals surface area contributed by atoms with E-state index in [1.54, 1.807) is 24.3 Å². The minimum absolute atomic E-state index is 0.0403. The van der Waals surface area contributed by atoms with Crippen LogP contribution >= 0.6 is 23.5 Å². The number of allylic oxidation sites excluding steroid dienone is 3. The number of hydrogen-bond donors (Lipinski definition) is 3. The number of rotatable bonds is 23. The lowest BCUT2D eigenvalue weighted by atomic mass is 10.1. The van der Waals surface area contributed by atoms with Crippen LogP contribution < -0.4 is 29.6 Å². The Balaban J connectivity index is 1.33. The van der Waals surface area contributed by atoms with E-state index in [2.05, 4.69) is 10.6 Å². The number of aliphatic hydroxyl groups is 1. The van der Waals surface area contributed by atoms with Crippen molar-refractivity contribution in [2.75, 3.05) is 38.2 Å². The van der Waals surface area contributed by atoms with Gasteiger partial charge in [-0.25, -0.2) is 19.2 Å². The average molecular weight is 899 g/mol. The van der Waals surface area contributed by atoms with Gasteiger partial charge in [-0.1, -0.05) is 84.9 Å². The second-order valence-corrected chi connectivity index (χ2v) is 15.4. The molecule has 0 bridgehead atoms. The summed E-state index contributed by atoms with van der Waals surface area (Å²) in [5.74, 6) is -0.487. The summed E-state index contributed by atoms with van der Waals surface area (Å²) >= 11 is 3.01. The number of amides is 2. The van der Waals surface area contributed by atoms with Gasteiger partial charge in [-0.2, -0.15) is 23.5 Å². The number of methoxy groups -OCH3 is 2. The molecular formula is C47H50N2O12S2. The van der Waals surface area contributed by atoms with Gasteiger partial charge in [-0.05, 0) is 95.5 Å². The first-order valence-corrected chi connectivity index (χ1v) is 22.3. The van der Waals surface area contributed by atoms with Gasteiger partial charge in [-0.3, -0.25) is 4.79 Å². The Kier molecular flexibility index (Phi) is 20.7. The fraction of sp³-hybridized carbons (Fsp3) is 0.255. The molecule has 0 radical (unpaired) electrons. The van der Waals surface area contributed by atoms with Gasteiger partial charge in [0.1, 0.15) is 31.1 Å². The van der Waals surface area contributed by atoms with Crippen LogP contribution in [-0.4, -0.2) is 85.3 Å². The van der Waals surface area contributed by atoms with E-state index in [9.17, 15) is 29.1 Å². The van der Waals surface area contributed by atoms with Crippen LogP contribution in [0.15, 0.2) is 121 Å². The lowest BCUT2D eigenvalue weighted by molar-refractivity contribution is -0.137. The van der Waals surface area contributed by atoms with Gasteiger partial charge in [0.15, 0.2) is 28.8 Å². The zero-order valence-corrected chi connectivity index (χ0v) is 36.9. The summed E-state index contributed by atoms with van der Waals surface area (Å²) < 4.78 is 32.7. The molecule has 3 N–H and O–H groups in total. The third-order valence-corrected chi connectivity index (χ3v) is 10.1. The lowest BCUT2D eigenvalue weighted by Gasteiger charge is -2.18. The number of carbonyl (C=O) groups excluding carboxylic acids is 5. The Labute approximate surface area is 375 Å². The van der Waals surface area contributed by atoms with E-state index in [0.717, 1.165) is 17.2 Å². The van der Waals surface area contributed by atoms with Crippen molar-refractivity contribution in [3.63, 3.8) is 0 Å². The normalized spacial score (nSPS) is 12.2. The molecule has 0 aliphatic rings. The molecule has 4 rings (SSSR count). The molecule has 0 saturated carbocycles. The first kappa shape index (κ1) is 49.0. The second-order valence-electron chi connectivity index (χ2n) is 13.4. The summed E-state index contributed by atoms with van der Waals surface area (Å²) in [6.07, 6.45) is 9.45. The highest BCUT2D eigenvalue weighted by Crippen LogP contribution is 2.30. The number of hydrogen-bond acceptors (Lipinski definition) is 14. The van der Waals surface area contributed by atoms with Crippen molar-refractivity contribution in [1.82, 2.24) is 10.6 Å². The molecule has 0 saturated heterocycles. The Morgan fingerprint density at radius 2 is 1.03 bits per heavy atom. The van der Waals surface area contributed by atoms with Crippen molar-refractivity contribution in [2.24, 2.45) is 0 Å². The van der Waals surface area contributed by atoms with Gasteiger partial charge < -0.3 is 44.2 Å². The van der Waals surface area contributed by atoms with Gasteiger partial charge in [0.05, 0.1) is 14.2 Å². The topological polar surface area (TPSA) is 185 Å².